The summed E-state index contributed by atoms with van der Waals surface area (Å²) in [6, 6.07) is 10.2. The maximum Gasteiger partial charge on any atom is 0.123 e. The molecule has 0 aliphatic rings. The molecule has 4 nitrogen and oxygen atoms in total. The van der Waals surface area contributed by atoms with Gasteiger partial charge in [-0.2, -0.15) is 5.26 Å². The van der Waals surface area contributed by atoms with Crippen molar-refractivity contribution in [2.45, 2.75) is 33.0 Å². The maximum absolute atomic E-state index is 9.01. The SMILES string of the molecule is COc1ccc(C#N)cc1Cn1ccc(CNC(C)C)c1. The zero-order valence-corrected chi connectivity index (χ0v) is 12.8. The smallest absolute Gasteiger partial charge is 0.123 e. The highest BCUT2D eigenvalue weighted by molar-refractivity contribution is 5.42. The minimum Gasteiger partial charge on any atom is -0.496 e. The van der Waals surface area contributed by atoms with E-state index < -0.39 is 0 Å². The second-order valence-electron chi connectivity index (χ2n) is 5.37. The van der Waals surface area contributed by atoms with Crippen LogP contribution in [-0.2, 0) is 13.1 Å². The molecule has 110 valence electrons. The molecular weight excluding hydrogens is 262 g/mol. The molecule has 0 radical (unpaired) electrons. The molecule has 0 fully saturated rings. The van der Waals surface area contributed by atoms with Crippen LogP contribution in [0, 0.1) is 11.3 Å². The van der Waals surface area contributed by atoms with Gasteiger partial charge in [-0.3, -0.25) is 0 Å². The molecule has 2 aromatic rings. The van der Waals surface area contributed by atoms with Crippen LogP contribution in [0.5, 0.6) is 5.75 Å². The van der Waals surface area contributed by atoms with Crippen LogP contribution in [0.15, 0.2) is 36.7 Å². The van der Waals surface area contributed by atoms with Crippen molar-refractivity contribution in [1.29, 1.82) is 5.26 Å². The summed E-state index contributed by atoms with van der Waals surface area (Å²) in [6.45, 7) is 5.82. The van der Waals surface area contributed by atoms with Gasteiger partial charge in [0.1, 0.15) is 5.75 Å². The molecule has 0 saturated heterocycles. The highest BCUT2D eigenvalue weighted by atomic mass is 16.5. The molecule has 0 aliphatic carbocycles. The van der Waals surface area contributed by atoms with Gasteiger partial charge in [-0.15, -0.1) is 0 Å². The summed E-state index contributed by atoms with van der Waals surface area (Å²) in [7, 11) is 1.65. The van der Waals surface area contributed by atoms with Gasteiger partial charge in [-0.05, 0) is 29.8 Å². The molecule has 1 aromatic heterocycles. The number of aromatic nitrogens is 1. The molecule has 0 spiro atoms. The monoisotopic (exact) mass is 283 g/mol. The average Bonchev–Trinajstić information content (AvgIpc) is 2.92. The van der Waals surface area contributed by atoms with Crippen molar-refractivity contribution >= 4 is 0 Å². The maximum atomic E-state index is 9.01. The Labute approximate surface area is 126 Å². The van der Waals surface area contributed by atoms with Crippen molar-refractivity contribution < 1.29 is 4.74 Å². The van der Waals surface area contributed by atoms with Gasteiger partial charge in [0.15, 0.2) is 0 Å². The van der Waals surface area contributed by atoms with Gasteiger partial charge in [0, 0.05) is 30.5 Å². The number of hydrogen-bond donors (Lipinski definition) is 1. The second kappa shape index (κ2) is 6.96. The zero-order valence-electron chi connectivity index (χ0n) is 12.8. The van der Waals surface area contributed by atoms with Crippen molar-refractivity contribution in [3.8, 4) is 11.8 Å². The Balaban J connectivity index is 2.13. The summed E-state index contributed by atoms with van der Waals surface area (Å²) in [4.78, 5) is 0. The van der Waals surface area contributed by atoms with Gasteiger partial charge in [-0.25, -0.2) is 0 Å². The van der Waals surface area contributed by atoms with E-state index in [4.69, 9.17) is 10.00 Å². The minimum absolute atomic E-state index is 0.473. The fourth-order valence-corrected chi connectivity index (χ4v) is 2.18. The quantitative estimate of drug-likeness (QED) is 0.887. The number of nitrogens with zero attached hydrogens (tertiary/aromatic N) is 2. The van der Waals surface area contributed by atoms with E-state index in [2.05, 4.69) is 48.3 Å². The van der Waals surface area contributed by atoms with Gasteiger partial charge in [0.05, 0.1) is 25.3 Å². The third-order valence-electron chi connectivity index (χ3n) is 3.29. The highest BCUT2D eigenvalue weighted by Crippen LogP contribution is 2.21. The molecule has 1 heterocycles. The summed E-state index contributed by atoms with van der Waals surface area (Å²) >= 11 is 0. The fourth-order valence-electron chi connectivity index (χ4n) is 2.18. The van der Waals surface area contributed by atoms with Crippen LogP contribution < -0.4 is 10.1 Å². The van der Waals surface area contributed by atoms with E-state index in [1.54, 1.807) is 13.2 Å². The van der Waals surface area contributed by atoms with E-state index in [1.165, 1.54) is 5.56 Å². The summed E-state index contributed by atoms with van der Waals surface area (Å²) in [5.41, 5.74) is 2.91. The van der Waals surface area contributed by atoms with Gasteiger partial charge in [0.25, 0.3) is 0 Å². The van der Waals surface area contributed by atoms with Crippen molar-refractivity contribution in [3.05, 3.63) is 53.3 Å². The van der Waals surface area contributed by atoms with Crippen molar-refractivity contribution in [3.63, 3.8) is 0 Å². The molecule has 0 aliphatic heterocycles. The number of hydrogen-bond acceptors (Lipinski definition) is 3. The van der Waals surface area contributed by atoms with Crippen LogP contribution in [-0.4, -0.2) is 17.7 Å². The molecule has 0 amide bonds. The molecule has 1 aromatic carbocycles. The normalized spacial score (nSPS) is 10.6. The molecule has 0 atom stereocenters. The number of rotatable bonds is 6. The van der Waals surface area contributed by atoms with Crippen LogP contribution in [0.2, 0.25) is 0 Å². The zero-order chi connectivity index (χ0) is 15.2. The average molecular weight is 283 g/mol. The van der Waals surface area contributed by atoms with E-state index in [1.807, 2.05) is 12.1 Å². The van der Waals surface area contributed by atoms with E-state index in [0.29, 0.717) is 18.2 Å². The second-order valence-corrected chi connectivity index (χ2v) is 5.37. The Morgan fingerprint density at radius 2 is 2.14 bits per heavy atom. The van der Waals surface area contributed by atoms with Crippen molar-refractivity contribution in [2.75, 3.05) is 7.11 Å². The van der Waals surface area contributed by atoms with Gasteiger partial charge in [-0.1, -0.05) is 13.8 Å². The Morgan fingerprint density at radius 3 is 2.81 bits per heavy atom. The van der Waals surface area contributed by atoms with E-state index in [-0.39, 0.29) is 0 Å². The van der Waals surface area contributed by atoms with Crippen LogP contribution in [0.25, 0.3) is 0 Å². The summed E-state index contributed by atoms with van der Waals surface area (Å²) in [5, 5.41) is 12.4. The standard InChI is InChI=1S/C17H21N3O/c1-13(2)19-10-15-6-7-20(11-15)12-16-8-14(9-18)4-5-17(16)21-3/h4-8,11,13,19H,10,12H2,1-3H3. The molecule has 0 unspecified atom stereocenters. The number of benzene rings is 1. The molecule has 21 heavy (non-hydrogen) atoms. The number of nitrogens with one attached hydrogen (secondary N) is 1. The topological polar surface area (TPSA) is 50.0 Å². The Hall–Kier alpha value is -2.25. The first-order chi connectivity index (χ1) is 10.1. The fraction of sp³-hybridized carbons (Fsp3) is 0.353. The van der Waals surface area contributed by atoms with Crippen LogP contribution in [0.3, 0.4) is 0 Å². The predicted octanol–water partition coefficient (Wildman–Crippen LogP) is 2.91. The highest BCUT2D eigenvalue weighted by Gasteiger charge is 2.06. The Kier molecular flexibility index (Phi) is 5.02. The predicted molar refractivity (Wildman–Crippen MR) is 83.2 cm³/mol. The first-order valence-electron chi connectivity index (χ1n) is 7.07. The van der Waals surface area contributed by atoms with Crippen LogP contribution in [0.4, 0.5) is 0 Å². The van der Waals surface area contributed by atoms with Gasteiger partial charge >= 0.3 is 0 Å². The first kappa shape index (κ1) is 15.1. The number of nitriles is 1. The van der Waals surface area contributed by atoms with Gasteiger partial charge < -0.3 is 14.6 Å². The molecule has 4 heteroatoms. The molecule has 0 bridgehead atoms. The lowest BCUT2D eigenvalue weighted by Gasteiger charge is -2.10. The number of ether oxygens (including phenoxy) is 1. The lowest BCUT2D eigenvalue weighted by molar-refractivity contribution is 0.408. The summed E-state index contributed by atoms with van der Waals surface area (Å²) in [5.74, 6) is 0.810. The lowest BCUT2D eigenvalue weighted by atomic mass is 10.1. The van der Waals surface area contributed by atoms with E-state index >= 15 is 0 Å². The largest absolute Gasteiger partial charge is 0.496 e. The van der Waals surface area contributed by atoms with Crippen molar-refractivity contribution in [2.24, 2.45) is 0 Å². The first-order valence-corrected chi connectivity index (χ1v) is 7.07. The Bertz CT molecular complexity index is 638. The van der Waals surface area contributed by atoms with Gasteiger partial charge in [0.2, 0.25) is 0 Å². The number of methoxy groups -OCH3 is 1. The van der Waals surface area contributed by atoms with Crippen LogP contribution >= 0.6 is 0 Å². The molecule has 0 saturated carbocycles. The van der Waals surface area contributed by atoms with E-state index in [0.717, 1.165) is 17.9 Å². The molecule has 1 N–H and O–H groups in total. The lowest BCUT2D eigenvalue weighted by Crippen LogP contribution is -2.21. The van der Waals surface area contributed by atoms with E-state index in [9.17, 15) is 0 Å². The molecular formula is C17H21N3O. The van der Waals surface area contributed by atoms with Crippen LogP contribution in [0.1, 0.15) is 30.5 Å². The third kappa shape index (κ3) is 4.11. The molecule has 2 rings (SSSR count). The summed E-state index contributed by atoms with van der Waals surface area (Å²) < 4.78 is 7.48. The minimum atomic E-state index is 0.473. The third-order valence-corrected chi connectivity index (χ3v) is 3.29. The Morgan fingerprint density at radius 1 is 1.33 bits per heavy atom. The summed E-state index contributed by atoms with van der Waals surface area (Å²) in [6.07, 6.45) is 4.17. The van der Waals surface area contributed by atoms with Crippen molar-refractivity contribution in [1.82, 2.24) is 9.88 Å².